The molecule has 0 fully saturated rings. The van der Waals surface area contributed by atoms with Gasteiger partial charge in [-0.25, -0.2) is 4.98 Å². The monoisotopic (exact) mass is 382 g/mol. The minimum Gasteiger partial charge on any atom is -0.252 e. The minimum absolute atomic E-state index is 0.933. The van der Waals surface area contributed by atoms with Crippen LogP contribution in [0.2, 0.25) is 0 Å². The second-order valence-electron chi connectivity index (χ2n) is 2.33. The van der Waals surface area contributed by atoms with Crippen molar-refractivity contribution in [3.8, 4) is 0 Å². The number of hydrogen-bond acceptors (Lipinski definition) is 2. The number of hydrogen-bond donors (Lipinski definition) is 0. The molecule has 0 saturated heterocycles. The molecule has 0 saturated carbocycles. The molecule has 0 bridgehead atoms. The number of halogens is 2. The molecular weight excluding hydrogens is 378 g/mol. The summed E-state index contributed by atoms with van der Waals surface area (Å²) in [5, 5.41) is 0. The molecule has 0 spiro atoms. The third kappa shape index (κ3) is 1.68. The SMILES string of the molecule is Ic1ccc2ncc(I)nc2c1. The Hall–Kier alpha value is 0.0200. The summed E-state index contributed by atoms with van der Waals surface area (Å²) in [6.07, 6.45) is 1.77. The highest BCUT2D eigenvalue weighted by Gasteiger charge is 1.97. The molecule has 4 heteroatoms. The second-order valence-corrected chi connectivity index (χ2v) is 4.68. The lowest BCUT2D eigenvalue weighted by Gasteiger charge is -1.96. The molecule has 2 nitrogen and oxygen atoms in total. The fraction of sp³-hybridized carbons (Fsp3) is 0. The van der Waals surface area contributed by atoms with Crippen LogP contribution < -0.4 is 0 Å². The fourth-order valence-corrected chi connectivity index (χ4v) is 1.84. The summed E-state index contributed by atoms with van der Waals surface area (Å²) in [7, 11) is 0. The van der Waals surface area contributed by atoms with Gasteiger partial charge in [0.05, 0.1) is 17.2 Å². The minimum atomic E-state index is 0.933. The van der Waals surface area contributed by atoms with E-state index in [0.29, 0.717) is 0 Å². The maximum atomic E-state index is 4.36. The van der Waals surface area contributed by atoms with Crippen molar-refractivity contribution in [2.45, 2.75) is 0 Å². The lowest BCUT2D eigenvalue weighted by atomic mass is 10.3. The first-order valence-electron chi connectivity index (χ1n) is 3.33. The average molecular weight is 382 g/mol. The van der Waals surface area contributed by atoms with Crippen LogP contribution in [0.3, 0.4) is 0 Å². The van der Waals surface area contributed by atoms with Gasteiger partial charge >= 0.3 is 0 Å². The van der Waals surface area contributed by atoms with Crippen LogP contribution in [0.1, 0.15) is 0 Å². The normalized spacial score (nSPS) is 10.5. The van der Waals surface area contributed by atoms with Crippen LogP contribution in [-0.4, -0.2) is 9.97 Å². The van der Waals surface area contributed by atoms with Crippen molar-refractivity contribution in [2.75, 3.05) is 0 Å². The highest BCUT2D eigenvalue weighted by Crippen LogP contribution is 2.14. The zero-order valence-corrected chi connectivity index (χ0v) is 10.3. The summed E-state index contributed by atoms with van der Waals surface area (Å²) in [6.45, 7) is 0. The van der Waals surface area contributed by atoms with Gasteiger partial charge in [0, 0.05) is 3.57 Å². The van der Waals surface area contributed by atoms with Gasteiger partial charge in [-0.1, -0.05) is 0 Å². The molecule has 0 N–H and O–H groups in total. The van der Waals surface area contributed by atoms with Gasteiger partial charge in [-0.05, 0) is 63.4 Å². The second kappa shape index (κ2) is 3.41. The van der Waals surface area contributed by atoms with Crippen molar-refractivity contribution < 1.29 is 0 Å². The molecule has 0 amide bonds. The Labute approximate surface area is 97.1 Å². The third-order valence-electron chi connectivity index (χ3n) is 1.47. The van der Waals surface area contributed by atoms with Crippen molar-refractivity contribution in [3.63, 3.8) is 0 Å². The summed E-state index contributed by atoms with van der Waals surface area (Å²) in [4.78, 5) is 8.60. The maximum Gasteiger partial charge on any atom is 0.120 e. The van der Waals surface area contributed by atoms with Gasteiger partial charge in [-0.15, -0.1) is 0 Å². The van der Waals surface area contributed by atoms with E-state index in [1.165, 1.54) is 3.57 Å². The van der Waals surface area contributed by atoms with Gasteiger partial charge in [-0.2, -0.15) is 0 Å². The van der Waals surface area contributed by atoms with E-state index in [-0.39, 0.29) is 0 Å². The predicted octanol–water partition coefficient (Wildman–Crippen LogP) is 2.84. The molecule has 0 aliphatic rings. The molecule has 60 valence electrons. The smallest absolute Gasteiger partial charge is 0.120 e. The Morgan fingerprint density at radius 3 is 2.75 bits per heavy atom. The number of nitrogens with zero attached hydrogens (tertiary/aromatic N) is 2. The molecule has 2 aromatic rings. The highest BCUT2D eigenvalue weighted by molar-refractivity contribution is 14.1. The Kier molecular flexibility index (Phi) is 2.44. The van der Waals surface area contributed by atoms with Crippen molar-refractivity contribution in [1.29, 1.82) is 0 Å². The van der Waals surface area contributed by atoms with E-state index in [0.717, 1.165) is 14.7 Å². The molecule has 0 radical (unpaired) electrons. The lowest BCUT2D eigenvalue weighted by Crippen LogP contribution is -1.86. The number of fused-ring (bicyclic) bond motifs is 1. The van der Waals surface area contributed by atoms with Gasteiger partial charge in [0.15, 0.2) is 0 Å². The summed E-state index contributed by atoms with van der Waals surface area (Å²) in [5.74, 6) is 0. The van der Waals surface area contributed by atoms with E-state index >= 15 is 0 Å². The maximum absolute atomic E-state index is 4.36. The van der Waals surface area contributed by atoms with Crippen LogP contribution >= 0.6 is 45.2 Å². The van der Waals surface area contributed by atoms with Gasteiger partial charge in [0.1, 0.15) is 3.70 Å². The lowest BCUT2D eigenvalue weighted by molar-refractivity contribution is 1.24. The zero-order valence-electron chi connectivity index (χ0n) is 5.96. The summed E-state index contributed by atoms with van der Waals surface area (Å²) in [5.41, 5.74) is 1.92. The number of aromatic nitrogens is 2. The quantitative estimate of drug-likeness (QED) is 0.656. The fourth-order valence-electron chi connectivity index (χ4n) is 0.962. The first-order chi connectivity index (χ1) is 5.75. The van der Waals surface area contributed by atoms with Crippen LogP contribution in [0.4, 0.5) is 0 Å². The molecule has 0 aliphatic carbocycles. The van der Waals surface area contributed by atoms with Gasteiger partial charge < -0.3 is 0 Å². The highest BCUT2D eigenvalue weighted by atomic mass is 127. The van der Waals surface area contributed by atoms with Crippen molar-refractivity contribution >= 4 is 56.2 Å². The molecule has 0 aliphatic heterocycles. The molecule has 0 atom stereocenters. The van der Waals surface area contributed by atoms with Crippen molar-refractivity contribution in [1.82, 2.24) is 9.97 Å². The molecule has 2 rings (SSSR count). The molecule has 1 heterocycles. The average Bonchev–Trinajstić information content (AvgIpc) is 2.03. The van der Waals surface area contributed by atoms with Crippen LogP contribution in [0.5, 0.6) is 0 Å². The summed E-state index contributed by atoms with van der Waals surface area (Å²) >= 11 is 4.43. The van der Waals surface area contributed by atoms with E-state index in [1.807, 2.05) is 18.2 Å². The van der Waals surface area contributed by atoms with E-state index in [2.05, 4.69) is 55.1 Å². The summed E-state index contributed by atoms with van der Waals surface area (Å²) in [6, 6.07) is 6.05. The topological polar surface area (TPSA) is 25.8 Å². The van der Waals surface area contributed by atoms with Gasteiger partial charge in [0.2, 0.25) is 0 Å². The standard InChI is InChI=1S/C8H4I2N2/c9-5-1-2-6-7(3-5)12-8(10)4-11-6/h1-4H. The van der Waals surface area contributed by atoms with Gasteiger partial charge in [-0.3, -0.25) is 4.98 Å². The molecule has 1 aromatic heterocycles. The molecule has 0 unspecified atom stereocenters. The first kappa shape index (κ1) is 8.61. The van der Waals surface area contributed by atoms with E-state index in [9.17, 15) is 0 Å². The first-order valence-corrected chi connectivity index (χ1v) is 5.49. The van der Waals surface area contributed by atoms with E-state index in [4.69, 9.17) is 0 Å². The Bertz CT molecular complexity index is 392. The van der Waals surface area contributed by atoms with Gasteiger partial charge in [0.25, 0.3) is 0 Å². The van der Waals surface area contributed by atoms with E-state index < -0.39 is 0 Å². The Morgan fingerprint density at radius 2 is 1.92 bits per heavy atom. The largest absolute Gasteiger partial charge is 0.252 e. The van der Waals surface area contributed by atoms with Crippen LogP contribution in [0.25, 0.3) is 11.0 Å². The van der Waals surface area contributed by atoms with E-state index in [1.54, 1.807) is 6.20 Å². The molecule has 1 aromatic carbocycles. The van der Waals surface area contributed by atoms with Crippen molar-refractivity contribution in [3.05, 3.63) is 31.7 Å². The third-order valence-corrected chi connectivity index (χ3v) is 2.67. The number of rotatable bonds is 0. The number of benzene rings is 1. The zero-order chi connectivity index (χ0) is 8.55. The van der Waals surface area contributed by atoms with Crippen LogP contribution in [0, 0.1) is 7.27 Å². The molecule has 12 heavy (non-hydrogen) atoms. The van der Waals surface area contributed by atoms with Crippen LogP contribution in [0.15, 0.2) is 24.4 Å². The predicted molar refractivity (Wildman–Crippen MR) is 65.0 cm³/mol. The Morgan fingerprint density at radius 1 is 1.08 bits per heavy atom. The molecular formula is C8H4I2N2. The Balaban J connectivity index is 2.80. The van der Waals surface area contributed by atoms with Crippen LogP contribution in [-0.2, 0) is 0 Å². The van der Waals surface area contributed by atoms with Crippen molar-refractivity contribution in [2.24, 2.45) is 0 Å². The summed E-state index contributed by atoms with van der Waals surface area (Å²) < 4.78 is 2.12.